The molecule has 0 bridgehead atoms. The van der Waals surface area contributed by atoms with Crippen LogP contribution in [0.1, 0.15) is 13.3 Å². The highest BCUT2D eigenvalue weighted by molar-refractivity contribution is 7.91. The molecule has 21 heavy (non-hydrogen) atoms. The van der Waals surface area contributed by atoms with Gasteiger partial charge in [0.15, 0.2) is 0 Å². The minimum absolute atomic E-state index is 0.223. The van der Waals surface area contributed by atoms with Gasteiger partial charge in [-0.05, 0) is 30.7 Å². The minimum Gasteiger partial charge on any atom is -0.385 e. The molecule has 1 saturated heterocycles. The van der Waals surface area contributed by atoms with Crippen molar-refractivity contribution in [3.8, 4) is 0 Å². The van der Waals surface area contributed by atoms with Gasteiger partial charge in [0.2, 0.25) is 0 Å². The number of hydrogen-bond donors (Lipinski definition) is 1. The second kappa shape index (κ2) is 7.66. The summed E-state index contributed by atoms with van der Waals surface area (Å²) >= 11 is 0. The lowest BCUT2D eigenvalue weighted by Gasteiger charge is -2.28. The molecule has 1 fully saturated rings. The summed E-state index contributed by atoms with van der Waals surface area (Å²) < 4.78 is 28.1. The molecule has 1 aliphatic heterocycles. The third-order valence-corrected chi connectivity index (χ3v) is 5.43. The Bertz CT molecular complexity index is 522. The average molecular weight is 312 g/mol. The number of morpholine rings is 1. The Morgan fingerprint density at radius 3 is 2.48 bits per heavy atom. The highest BCUT2D eigenvalue weighted by Crippen LogP contribution is 2.18. The molecule has 2 rings (SSSR count). The van der Waals surface area contributed by atoms with Gasteiger partial charge >= 0.3 is 0 Å². The maximum absolute atomic E-state index is 11.4. The fraction of sp³-hybridized carbons (Fsp3) is 0.600. The predicted molar refractivity (Wildman–Crippen MR) is 86.9 cm³/mol. The largest absolute Gasteiger partial charge is 0.385 e. The van der Waals surface area contributed by atoms with Crippen molar-refractivity contribution in [1.82, 2.24) is 0 Å². The number of benzene rings is 1. The molecule has 118 valence electrons. The average Bonchev–Trinajstić information content (AvgIpc) is 2.53. The smallest absolute Gasteiger partial charge is 0.150 e. The van der Waals surface area contributed by atoms with Gasteiger partial charge < -0.3 is 15.0 Å². The maximum Gasteiger partial charge on any atom is 0.150 e. The molecule has 0 saturated carbocycles. The number of ether oxygens (including phenoxy) is 1. The number of nitrogens with one attached hydrogen (secondary N) is 1. The summed E-state index contributed by atoms with van der Waals surface area (Å²) in [7, 11) is -2.85. The molecule has 1 N–H and O–H groups in total. The molecule has 1 aliphatic rings. The van der Waals surface area contributed by atoms with Crippen molar-refractivity contribution < 1.29 is 13.2 Å². The number of hydrogen-bond acceptors (Lipinski definition) is 5. The highest BCUT2D eigenvalue weighted by Gasteiger charge is 2.10. The van der Waals surface area contributed by atoms with Crippen LogP contribution in [0.3, 0.4) is 0 Å². The lowest BCUT2D eigenvalue weighted by molar-refractivity contribution is 0.122. The Balaban J connectivity index is 1.77. The zero-order valence-corrected chi connectivity index (χ0v) is 13.4. The van der Waals surface area contributed by atoms with Crippen LogP contribution in [0.25, 0.3) is 0 Å². The Kier molecular flexibility index (Phi) is 5.87. The van der Waals surface area contributed by atoms with Crippen molar-refractivity contribution in [1.29, 1.82) is 0 Å². The third kappa shape index (κ3) is 5.21. The lowest BCUT2D eigenvalue weighted by atomic mass is 10.2. The maximum atomic E-state index is 11.4. The van der Waals surface area contributed by atoms with Crippen LogP contribution < -0.4 is 10.2 Å². The molecule has 1 heterocycles. The van der Waals surface area contributed by atoms with Crippen molar-refractivity contribution in [3.63, 3.8) is 0 Å². The molecule has 0 radical (unpaired) electrons. The summed E-state index contributed by atoms with van der Waals surface area (Å²) in [6, 6.07) is 8.27. The summed E-state index contributed by atoms with van der Waals surface area (Å²) in [6.07, 6.45) is 0.640. The van der Waals surface area contributed by atoms with E-state index in [1.165, 1.54) is 5.69 Å². The molecule has 0 aliphatic carbocycles. The SMILES string of the molecule is CCS(=O)(=O)CCCNc1ccc(N2CCOCC2)cc1. The zero-order chi connectivity index (χ0) is 15.1. The van der Waals surface area contributed by atoms with E-state index in [9.17, 15) is 8.42 Å². The topological polar surface area (TPSA) is 58.6 Å². The van der Waals surface area contributed by atoms with E-state index in [1.54, 1.807) is 6.92 Å². The van der Waals surface area contributed by atoms with Crippen LogP contribution in [-0.2, 0) is 14.6 Å². The first-order chi connectivity index (χ1) is 10.1. The molecule has 0 spiro atoms. The summed E-state index contributed by atoms with van der Waals surface area (Å²) in [5.74, 6) is 0.476. The number of anilines is 2. The van der Waals surface area contributed by atoms with Crippen molar-refractivity contribution >= 4 is 21.2 Å². The second-order valence-corrected chi connectivity index (χ2v) is 7.64. The van der Waals surface area contributed by atoms with Crippen LogP contribution in [-0.4, -0.2) is 52.8 Å². The number of rotatable bonds is 7. The van der Waals surface area contributed by atoms with E-state index in [2.05, 4.69) is 22.3 Å². The first-order valence-electron chi connectivity index (χ1n) is 7.48. The van der Waals surface area contributed by atoms with Gasteiger partial charge in [0.05, 0.1) is 19.0 Å². The van der Waals surface area contributed by atoms with E-state index < -0.39 is 9.84 Å². The van der Waals surface area contributed by atoms with Crippen molar-refractivity contribution in [2.24, 2.45) is 0 Å². The highest BCUT2D eigenvalue weighted by atomic mass is 32.2. The molecule has 6 heteroatoms. The predicted octanol–water partition coefficient (Wildman–Crippen LogP) is 1.76. The van der Waals surface area contributed by atoms with E-state index in [0.717, 1.165) is 32.0 Å². The van der Waals surface area contributed by atoms with E-state index in [0.29, 0.717) is 13.0 Å². The number of sulfone groups is 1. The third-order valence-electron chi connectivity index (χ3n) is 3.64. The van der Waals surface area contributed by atoms with Crippen LogP contribution in [0.5, 0.6) is 0 Å². The molecule has 0 unspecified atom stereocenters. The Morgan fingerprint density at radius 2 is 1.86 bits per heavy atom. The molecule has 0 aromatic heterocycles. The molecular formula is C15H24N2O3S. The quantitative estimate of drug-likeness (QED) is 0.778. The standard InChI is InChI=1S/C15H24N2O3S/c1-2-21(18,19)13-3-8-16-14-4-6-15(7-5-14)17-9-11-20-12-10-17/h4-7,16H,2-3,8-13H2,1H3. The molecule has 1 aromatic rings. The first kappa shape index (κ1) is 16.1. The van der Waals surface area contributed by atoms with Gasteiger partial charge in [-0.2, -0.15) is 0 Å². The van der Waals surface area contributed by atoms with Crippen LogP contribution in [0.15, 0.2) is 24.3 Å². The van der Waals surface area contributed by atoms with Crippen LogP contribution in [0.4, 0.5) is 11.4 Å². The molecule has 0 atom stereocenters. The second-order valence-electron chi connectivity index (χ2n) is 5.16. The van der Waals surface area contributed by atoms with Crippen molar-refractivity contribution in [2.45, 2.75) is 13.3 Å². The summed E-state index contributed by atoms with van der Waals surface area (Å²) in [5, 5.41) is 3.26. The van der Waals surface area contributed by atoms with E-state index in [-0.39, 0.29) is 11.5 Å². The van der Waals surface area contributed by atoms with Gasteiger partial charge in [0, 0.05) is 36.8 Å². The number of nitrogens with zero attached hydrogens (tertiary/aromatic N) is 1. The van der Waals surface area contributed by atoms with Gasteiger partial charge in [-0.25, -0.2) is 8.42 Å². The Labute approximate surface area is 127 Å². The van der Waals surface area contributed by atoms with Gasteiger partial charge in [-0.1, -0.05) is 6.92 Å². The van der Waals surface area contributed by atoms with Gasteiger partial charge in [-0.3, -0.25) is 0 Å². The van der Waals surface area contributed by atoms with Crippen LogP contribution in [0, 0.1) is 0 Å². The van der Waals surface area contributed by atoms with Crippen molar-refractivity contribution in [3.05, 3.63) is 24.3 Å². The van der Waals surface area contributed by atoms with Crippen molar-refractivity contribution in [2.75, 3.05) is 54.6 Å². The van der Waals surface area contributed by atoms with Crippen LogP contribution in [0.2, 0.25) is 0 Å². The van der Waals surface area contributed by atoms with E-state index in [4.69, 9.17) is 4.74 Å². The summed E-state index contributed by atoms with van der Waals surface area (Å²) in [5.41, 5.74) is 2.23. The fourth-order valence-corrected chi connectivity index (χ4v) is 3.15. The van der Waals surface area contributed by atoms with Gasteiger partial charge in [0.1, 0.15) is 9.84 Å². The normalized spacial score (nSPS) is 16.0. The minimum atomic E-state index is -2.85. The first-order valence-corrected chi connectivity index (χ1v) is 9.30. The van der Waals surface area contributed by atoms with Crippen LogP contribution >= 0.6 is 0 Å². The Morgan fingerprint density at radius 1 is 1.19 bits per heavy atom. The zero-order valence-electron chi connectivity index (χ0n) is 12.5. The molecule has 5 nitrogen and oxygen atoms in total. The van der Waals surface area contributed by atoms with E-state index >= 15 is 0 Å². The molecule has 1 aromatic carbocycles. The summed E-state index contributed by atoms with van der Waals surface area (Å²) in [4.78, 5) is 2.31. The van der Waals surface area contributed by atoms with E-state index in [1.807, 2.05) is 12.1 Å². The fourth-order valence-electron chi connectivity index (χ4n) is 2.28. The lowest BCUT2D eigenvalue weighted by Crippen LogP contribution is -2.36. The monoisotopic (exact) mass is 312 g/mol. The van der Waals surface area contributed by atoms with Gasteiger partial charge in [-0.15, -0.1) is 0 Å². The Hall–Kier alpha value is -1.27. The van der Waals surface area contributed by atoms with Gasteiger partial charge in [0.25, 0.3) is 0 Å². The summed E-state index contributed by atoms with van der Waals surface area (Å²) in [6.45, 7) is 5.80. The molecular weight excluding hydrogens is 288 g/mol. The molecule has 0 amide bonds.